The molecule has 0 unspecified atom stereocenters. The molecular weight excluding hydrogens is 330 g/mol. The number of halogens is 2. The lowest BCUT2D eigenvalue weighted by molar-refractivity contribution is 0.302. The monoisotopic (exact) mass is 342 g/mol. The maximum absolute atomic E-state index is 13.0. The van der Waals surface area contributed by atoms with Crippen molar-refractivity contribution >= 4 is 22.6 Å². The van der Waals surface area contributed by atoms with Crippen molar-refractivity contribution in [2.24, 2.45) is 0 Å². The minimum absolute atomic E-state index is 0.270. The topological polar surface area (TPSA) is 9.23 Å². The van der Waals surface area contributed by atoms with E-state index in [4.69, 9.17) is 4.74 Å². The van der Waals surface area contributed by atoms with Gasteiger partial charge in [0.25, 0.3) is 0 Å². The van der Waals surface area contributed by atoms with Gasteiger partial charge in [-0.3, -0.25) is 0 Å². The molecule has 2 rings (SSSR count). The molecule has 0 bridgehead atoms. The summed E-state index contributed by atoms with van der Waals surface area (Å²) in [5.41, 5.74) is 2.02. The number of ether oxygens (including phenoxy) is 1. The summed E-state index contributed by atoms with van der Waals surface area (Å²) in [6.07, 6.45) is 0. The Labute approximate surface area is 114 Å². The number of benzene rings is 2. The van der Waals surface area contributed by atoms with Crippen LogP contribution in [-0.2, 0) is 6.61 Å². The van der Waals surface area contributed by atoms with Crippen LogP contribution in [0.5, 0.6) is 5.75 Å². The smallest absolute Gasteiger partial charge is 0.126 e. The SMILES string of the molecule is Cc1ccc(F)cc1OCc1ccc(I)cc1. The first-order valence-electron chi connectivity index (χ1n) is 5.28. The van der Waals surface area contributed by atoms with Crippen LogP contribution >= 0.6 is 22.6 Å². The van der Waals surface area contributed by atoms with Gasteiger partial charge in [0.2, 0.25) is 0 Å². The Kier molecular flexibility index (Phi) is 3.99. The number of hydrogen-bond donors (Lipinski definition) is 0. The summed E-state index contributed by atoms with van der Waals surface area (Å²) in [5, 5.41) is 0. The molecule has 0 aliphatic heterocycles. The van der Waals surface area contributed by atoms with E-state index in [0.29, 0.717) is 12.4 Å². The number of rotatable bonds is 3. The second-order valence-corrected chi connectivity index (χ2v) is 5.07. The molecule has 0 aromatic heterocycles. The van der Waals surface area contributed by atoms with Crippen LogP contribution in [0.4, 0.5) is 4.39 Å². The van der Waals surface area contributed by atoms with Crippen LogP contribution in [-0.4, -0.2) is 0 Å². The van der Waals surface area contributed by atoms with Crippen LogP contribution in [0.25, 0.3) is 0 Å². The minimum atomic E-state index is -0.270. The fraction of sp³-hybridized carbons (Fsp3) is 0.143. The highest BCUT2D eigenvalue weighted by atomic mass is 127. The van der Waals surface area contributed by atoms with Gasteiger partial charge in [-0.2, -0.15) is 0 Å². The minimum Gasteiger partial charge on any atom is -0.489 e. The number of aryl methyl sites for hydroxylation is 1. The molecule has 0 spiro atoms. The van der Waals surface area contributed by atoms with E-state index >= 15 is 0 Å². The van der Waals surface area contributed by atoms with Crippen molar-refractivity contribution < 1.29 is 9.13 Å². The lowest BCUT2D eigenvalue weighted by Crippen LogP contribution is -1.97. The van der Waals surface area contributed by atoms with Gasteiger partial charge in [-0.1, -0.05) is 18.2 Å². The molecule has 0 heterocycles. The van der Waals surface area contributed by atoms with Crippen LogP contribution in [0, 0.1) is 16.3 Å². The molecular formula is C14H12FIO. The largest absolute Gasteiger partial charge is 0.489 e. The summed E-state index contributed by atoms with van der Waals surface area (Å²) in [5.74, 6) is 0.330. The highest BCUT2D eigenvalue weighted by Gasteiger charge is 2.02. The van der Waals surface area contributed by atoms with Crippen LogP contribution in [0.3, 0.4) is 0 Å². The predicted octanol–water partition coefficient (Wildman–Crippen LogP) is 4.32. The lowest BCUT2D eigenvalue weighted by atomic mass is 10.2. The van der Waals surface area contributed by atoms with Crippen molar-refractivity contribution in [1.82, 2.24) is 0 Å². The first-order chi connectivity index (χ1) is 8.15. The van der Waals surface area contributed by atoms with Crippen molar-refractivity contribution in [1.29, 1.82) is 0 Å². The third-order valence-corrected chi connectivity index (χ3v) is 3.18. The van der Waals surface area contributed by atoms with Gasteiger partial charge in [0, 0.05) is 9.64 Å². The summed E-state index contributed by atoms with van der Waals surface area (Å²) >= 11 is 2.26. The van der Waals surface area contributed by atoms with Gasteiger partial charge in [0.1, 0.15) is 18.2 Å². The van der Waals surface area contributed by atoms with Crippen LogP contribution in [0.15, 0.2) is 42.5 Å². The number of hydrogen-bond acceptors (Lipinski definition) is 1. The maximum Gasteiger partial charge on any atom is 0.126 e. The van der Waals surface area contributed by atoms with Gasteiger partial charge in [0.05, 0.1) is 0 Å². The van der Waals surface area contributed by atoms with Crippen molar-refractivity contribution in [2.45, 2.75) is 13.5 Å². The summed E-state index contributed by atoms with van der Waals surface area (Å²) in [6.45, 7) is 2.36. The summed E-state index contributed by atoms with van der Waals surface area (Å²) < 4.78 is 19.8. The molecule has 88 valence electrons. The lowest BCUT2D eigenvalue weighted by Gasteiger charge is -2.09. The van der Waals surface area contributed by atoms with Gasteiger partial charge in [-0.05, 0) is 58.8 Å². The highest BCUT2D eigenvalue weighted by Crippen LogP contribution is 2.20. The van der Waals surface area contributed by atoms with Crippen molar-refractivity contribution in [2.75, 3.05) is 0 Å². The molecule has 17 heavy (non-hydrogen) atoms. The molecule has 0 fully saturated rings. The molecule has 0 N–H and O–H groups in total. The molecule has 2 aromatic rings. The van der Waals surface area contributed by atoms with Crippen LogP contribution < -0.4 is 4.74 Å². The van der Waals surface area contributed by atoms with Crippen molar-refractivity contribution in [3.63, 3.8) is 0 Å². The molecule has 2 aromatic carbocycles. The Hall–Kier alpha value is -1.10. The van der Waals surface area contributed by atoms with E-state index in [-0.39, 0.29) is 5.82 Å². The highest BCUT2D eigenvalue weighted by molar-refractivity contribution is 14.1. The Bertz CT molecular complexity index is 508. The first-order valence-corrected chi connectivity index (χ1v) is 6.36. The van der Waals surface area contributed by atoms with E-state index in [0.717, 1.165) is 11.1 Å². The van der Waals surface area contributed by atoms with Gasteiger partial charge in [0.15, 0.2) is 0 Å². The van der Waals surface area contributed by atoms with Crippen molar-refractivity contribution in [3.05, 3.63) is 63.0 Å². The standard InChI is InChI=1S/C14H12FIO/c1-10-2-5-12(15)8-14(10)17-9-11-3-6-13(16)7-4-11/h2-8H,9H2,1H3. The quantitative estimate of drug-likeness (QED) is 0.755. The summed E-state index contributed by atoms with van der Waals surface area (Å²) in [6, 6.07) is 12.6. The van der Waals surface area contributed by atoms with E-state index in [2.05, 4.69) is 22.6 Å². The fourth-order valence-corrected chi connectivity index (χ4v) is 1.83. The molecule has 0 aliphatic carbocycles. The normalized spacial score (nSPS) is 10.3. The average Bonchev–Trinajstić information content (AvgIpc) is 2.32. The molecule has 3 heteroatoms. The zero-order valence-electron chi connectivity index (χ0n) is 9.41. The van der Waals surface area contributed by atoms with Crippen LogP contribution in [0.1, 0.15) is 11.1 Å². The third kappa shape index (κ3) is 3.43. The van der Waals surface area contributed by atoms with E-state index in [9.17, 15) is 4.39 Å². The molecule has 0 saturated carbocycles. The van der Waals surface area contributed by atoms with E-state index < -0.39 is 0 Å². The zero-order valence-corrected chi connectivity index (χ0v) is 11.6. The second kappa shape index (κ2) is 5.49. The summed E-state index contributed by atoms with van der Waals surface area (Å²) in [7, 11) is 0. The molecule has 0 saturated heterocycles. The third-order valence-electron chi connectivity index (χ3n) is 2.46. The van der Waals surface area contributed by atoms with E-state index in [1.54, 1.807) is 6.07 Å². The van der Waals surface area contributed by atoms with Gasteiger partial charge in [-0.15, -0.1) is 0 Å². The first kappa shape index (κ1) is 12.4. The molecule has 0 aliphatic rings. The Balaban J connectivity index is 2.07. The van der Waals surface area contributed by atoms with Crippen molar-refractivity contribution in [3.8, 4) is 5.75 Å². The molecule has 0 amide bonds. The Morgan fingerprint density at radius 1 is 1.12 bits per heavy atom. The van der Waals surface area contributed by atoms with Gasteiger partial charge >= 0.3 is 0 Å². The zero-order chi connectivity index (χ0) is 12.3. The fourth-order valence-electron chi connectivity index (χ4n) is 1.47. The molecule has 1 nitrogen and oxygen atoms in total. The molecule has 0 radical (unpaired) electrons. The second-order valence-electron chi connectivity index (χ2n) is 3.82. The molecule has 0 atom stereocenters. The maximum atomic E-state index is 13.0. The van der Waals surface area contributed by atoms with E-state index in [1.165, 1.54) is 15.7 Å². The van der Waals surface area contributed by atoms with Gasteiger partial charge in [-0.25, -0.2) is 4.39 Å². The average molecular weight is 342 g/mol. The predicted molar refractivity (Wildman–Crippen MR) is 74.6 cm³/mol. The van der Waals surface area contributed by atoms with E-state index in [1.807, 2.05) is 31.2 Å². The summed E-state index contributed by atoms with van der Waals surface area (Å²) in [4.78, 5) is 0. The Morgan fingerprint density at radius 2 is 1.82 bits per heavy atom. The van der Waals surface area contributed by atoms with Crippen LogP contribution in [0.2, 0.25) is 0 Å². The Morgan fingerprint density at radius 3 is 2.53 bits per heavy atom. The van der Waals surface area contributed by atoms with Gasteiger partial charge < -0.3 is 4.74 Å².